The second-order valence-corrected chi connectivity index (χ2v) is 6.24. The second-order valence-electron chi connectivity index (χ2n) is 5.33. The normalized spacial score (nSPS) is 25.5. The van der Waals surface area contributed by atoms with Crippen molar-refractivity contribution in [2.24, 2.45) is 0 Å². The Kier molecular flexibility index (Phi) is 3.38. The van der Waals surface area contributed by atoms with Crippen molar-refractivity contribution in [3.8, 4) is 0 Å². The van der Waals surface area contributed by atoms with Gasteiger partial charge in [-0.1, -0.05) is 58.4 Å². The maximum Gasteiger partial charge on any atom is 0.314 e. The molecule has 2 aromatic carbocycles. The first-order chi connectivity index (χ1) is 9.58. The molecule has 0 spiro atoms. The third-order valence-electron chi connectivity index (χ3n) is 3.86. The molecule has 20 heavy (non-hydrogen) atoms. The van der Waals surface area contributed by atoms with Crippen LogP contribution in [0.1, 0.15) is 30.4 Å². The molecule has 1 heterocycles. The molecule has 2 nitrogen and oxygen atoms in total. The van der Waals surface area contributed by atoms with Crippen LogP contribution in [-0.2, 0) is 15.1 Å². The Hall–Kier alpha value is -1.61. The first-order valence-electron chi connectivity index (χ1n) is 6.62. The van der Waals surface area contributed by atoms with Crippen LogP contribution in [0.4, 0.5) is 0 Å². The molecule has 1 aliphatic heterocycles. The van der Waals surface area contributed by atoms with Crippen molar-refractivity contribution >= 4 is 21.9 Å². The summed E-state index contributed by atoms with van der Waals surface area (Å²) in [6.07, 6.45) is 0.678. The van der Waals surface area contributed by atoms with Gasteiger partial charge in [0.1, 0.15) is 5.60 Å². The van der Waals surface area contributed by atoms with Crippen LogP contribution in [0.2, 0.25) is 0 Å². The van der Waals surface area contributed by atoms with Crippen LogP contribution in [0.5, 0.6) is 0 Å². The average molecular weight is 331 g/mol. The number of cyclic esters (lactones) is 1. The summed E-state index contributed by atoms with van der Waals surface area (Å²) in [5.41, 5.74) is 1.52. The Morgan fingerprint density at radius 2 is 1.75 bits per heavy atom. The standard InChI is InChI=1S/C17H15BrO2/c1-17(13-7-9-14(18)10-8-13)11-15(16(19)20-17)12-5-3-2-4-6-12/h2-10,15H,11H2,1H3/t15-,17-/m1/s1. The summed E-state index contributed by atoms with van der Waals surface area (Å²) in [6.45, 7) is 1.98. The number of ether oxygens (including phenoxy) is 1. The lowest BCUT2D eigenvalue weighted by Gasteiger charge is -2.23. The van der Waals surface area contributed by atoms with Gasteiger partial charge in [0.15, 0.2) is 0 Å². The molecule has 0 saturated carbocycles. The van der Waals surface area contributed by atoms with E-state index < -0.39 is 5.60 Å². The van der Waals surface area contributed by atoms with Gasteiger partial charge < -0.3 is 4.74 Å². The van der Waals surface area contributed by atoms with Crippen LogP contribution < -0.4 is 0 Å². The molecule has 102 valence electrons. The van der Waals surface area contributed by atoms with E-state index in [1.54, 1.807) is 0 Å². The number of benzene rings is 2. The quantitative estimate of drug-likeness (QED) is 0.763. The van der Waals surface area contributed by atoms with E-state index in [-0.39, 0.29) is 11.9 Å². The predicted molar refractivity (Wildman–Crippen MR) is 81.4 cm³/mol. The second kappa shape index (κ2) is 5.06. The molecular weight excluding hydrogens is 316 g/mol. The van der Waals surface area contributed by atoms with E-state index in [1.165, 1.54) is 0 Å². The SMILES string of the molecule is C[C@]1(c2ccc(Br)cc2)C[C@H](c2ccccc2)C(=O)O1. The van der Waals surface area contributed by atoms with E-state index in [2.05, 4.69) is 15.9 Å². The Bertz CT molecular complexity index is 621. The van der Waals surface area contributed by atoms with E-state index in [0.29, 0.717) is 6.42 Å². The number of carbonyl (C=O) groups excluding carboxylic acids is 1. The Morgan fingerprint density at radius 1 is 1.10 bits per heavy atom. The molecule has 0 bridgehead atoms. The highest BCUT2D eigenvalue weighted by Crippen LogP contribution is 2.43. The van der Waals surface area contributed by atoms with Crippen molar-refractivity contribution in [3.05, 3.63) is 70.2 Å². The van der Waals surface area contributed by atoms with E-state index in [1.807, 2.05) is 61.5 Å². The number of rotatable bonds is 2. The van der Waals surface area contributed by atoms with Crippen LogP contribution in [0.25, 0.3) is 0 Å². The number of carbonyl (C=O) groups is 1. The topological polar surface area (TPSA) is 26.3 Å². The Balaban J connectivity index is 1.91. The number of hydrogen-bond acceptors (Lipinski definition) is 2. The minimum Gasteiger partial charge on any atom is -0.454 e. The third kappa shape index (κ3) is 2.38. The smallest absolute Gasteiger partial charge is 0.314 e. The van der Waals surface area contributed by atoms with Crippen LogP contribution in [0, 0.1) is 0 Å². The van der Waals surface area contributed by atoms with Crippen molar-refractivity contribution in [1.29, 1.82) is 0 Å². The zero-order valence-electron chi connectivity index (χ0n) is 11.2. The molecule has 1 fully saturated rings. The number of hydrogen-bond donors (Lipinski definition) is 0. The number of esters is 1. The van der Waals surface area contributed by atoms with Crippen molar-refractivity contribution in [3.63, 3.8) is 0 Å². The van der Waals surface area contributed by atoms with Gasteiger partial charge in [-0.2, -0.15) is 0 Å². The van der Waals surface area contributed by atoms with E-state index in [4.69, 9.17) is 4.74 Å². The lowest BCUT2D eigenvalue weighted by molar-refractivity contribution is -0.148. The van der Waals surface area contributed by atoms with Crippen LogP contribution in [-0.4, -0.2) is 5.97 Å². The summed E-state index contributed by atoms with van der Waals surface area (Å²) in [5.74, 6) is -0.313. The van der Waals surface area contributed by atoms with Crippen molar-refractivity contribution in [1.82, 2.24) is 0 Å². The summed E-state index contributed by atoms with van der Waals surface area (Å²) in [5, 5.41) is 0. The maximum absolute atomic E-state index is 12.2. The van der Waals surface area contributed by atoms with Crippen LogP contribution in [0.15, 0.2) is 59.1 Å². The van der Waals surface area contributed by atoms with Gasteiger partial charge in [-0.05, 0) is 30.2 Å². The molecular formula is C17H15BrO2. The van der Waals surface area contributed by atoms with Crippen LogP contribution in [0.3, 0.4) is 0 Å². The summed E-state index contributed by atoms with van der Waals surface area (Å²) in [7, 11) is 0. The van der Waals surface area contributed by atoms with Gasteiger partial charge >= 0.3 is 5.97 Å². The average Bonchev–Trinajstić information content (AvgIpc) is 2.77. The molecule has 1 saturated heterocycles. The van der Waals surface area contributed by atoms with Gasteiger partial charge in [0.05, 0.1) is 5.92 Å². The first-order valence-corrected chi connectivity index (χ1v) is 7.42. The van der Waals surface area contributed by atoms with Gasteiger partial charge in [-0.3, -0.25) is 4.79 Å². The van der Waals surface area contributed by atoms with Crippen molar-refractivity contribution < 1.29 is 9.53 Å². The lowest BCUT2D eigenvalue weighted by atomic mass is 9.86. The largest absolute Gasteiger partial charge is 0.454 e. The zero-order chi connectivity index (χ0) is 14.2. The summed E-state index contributed by atoms with van der Waals surface area (Å²) in [6, 6.07) is 17.8. The first kappa shape index (κ1) is 13.4. The molecule has 0 amide bonds. The molecule has 3 rings (SSSR count). The van der Waals surface area contributed by atoms with Crippen LogP contribution >= 0.6 is 15.9 Å². The fraction of sp³-hybridized carbons (Fsp3) is 0.235. The summed E-state index contributed by atoms with van der Waals surface area (Å²) in [4.78, 5) is 12.2. The Morgan fingerprint density at radius 3 is 2.40 bits per heavy atom. The monoisotopic (exact) mass is 330 g/mol. The molecule has 0 unspecified atom stereocenters. The summed E-state index contributed by atoms with van der Waals surface area (Å²) >= 11 is 3.42. The van der Waals surface area contributed by atoms with Gasteiger partial charge in [-0.25, -0.2) is 0 Å². The van der Waals surface area contributed by atoms with E-state index >= 15 is 0 Å². The molecule has 3 heteroatoms. The molecule has 0 radical (unpaired) electrons. The fourth-order valence-corrected chi connectivity index (χ4v) is 2.99. The Labute approximate surface area is 126 Å². The fourth-order valence-electron chi connectivity index (χ4n) is 2.73. The van der Waals surface area contributed by atoms with E-state index in [9.17, 15) is 4.79 Å². The third-order valence-corrected chi connectivity index (χ3v) is 4.39. The highest BCUT2D eigenvalue weighted by molar-refractivity contribution is 9.10. The number of halogens is 1. The van der Waals surface area contributed by atoms with Gasteiger partial charge in [0.25, 0.3) is 0 Å². The molecule has 0 aliphatic carbocycles. The molecule has 0 N–H and O–H groups in total. The van der Waals surface area contributed by atoms with E-state index in [0.717, 1.165) is 15.6 Å². The minimum atomic E-state index is -0.543. The molecule has 2 atom stereocenters. The minimum absolute atomic E-state index is 0.137. The lowest BCUT2D eigenvalue weighted by Crippen LogP contribution is -2.20. The molecule has 2 aromatic rings. The molecule has 0 aromatic heterocycles. The van der Waals surface area contributed by atoms with Gasteiger partial charge in [0.2, 0.25) is 0 Å². The predicted octanol–water partition coefficient (Wildman–Crippen LogP) is 4.40. The van der Waals surface area contributed by atoms with Crippen molar-refractivity contribution in [2.75, 3.05) is 0 Å². The molecule has 1 aliphatic rings. The van der Waals surface area contributed by atoms with Crippen molar-refractivity contribution in [2.45, 2.75) is 24.9 Å². The maximum atomic E-state index is 12.2. The van der Waals surface area contributed by atoms with Gasteiger partial charge in [-0.15, -0.1) is 0 Å². The van der Waals surface area contributed by atoms with Gasteiger partial charge in [0, 0.05) is 10.9 Å². The zero-order valence-corrected chi connectivity index (χ0v) is 12.8. The highest BCUT2D eigenvalue weighted by Gasteiger charge is 2.45. The highest BCUT2D eigenvalue weighted by atomic mass is 79.9. The summed E-state index contributed by atoms with van der Waals surface area (Å²) < 4.78 is 6.71.